The van der Waals surface area contributed by atoms with Crippen LogP contribution in [0.15, 0.2) is 36.5 Å². The molecule has 0 radical (unpaired) electrons. The number of carboxylic acids is 1. The average molecular weight is 295 g/mol. The predicted molar refractivity (Wildman–Crippen MR) is 69.4 cm³/mol. The highest BCUT2D eigenvalue weighted by molar-refractivity contribution is 6.30. The molecule has 2 aromatic rings. The van der Waals surface area contributed by atoms with Gasteiger partial charge >= 0.3 is 5.97 Å². The van der Waals surface area contributed by atoms with Crippen molar-refractivity contribution in [3.8, 4) is 11.6 Å². The summed E-state index contributed by atoms with van der Waals surface area (Å²) in [6, 6.07) is 6.66. The Hall–Kier alpha value is -2.67. The molecule has 0 saturated carbocycles. The third-order valence-electron chi connectivity index (χ3n) is 2.33. The van der Waals surface area contributed by atoms with Gasteiger partial charge in [-0.3, -0.25) is 10.1 Å². The summed E-state index contributed by atoms with van der Waals surface area (Å²) in [6.45, 7) is 0. The molecule has 102 valence electrons. The number of aromatic nitrogens is 1. The van der Waals surface area contributed by atoms with Crippen molar-refractivity contribution in [2.45, 2.75) is 0 Å². The van der Waals surface area contributed by atoms with E-state index in [4.69, 9.17) is 21.4 Å². The molecule has 20 heavy (non-hydrogen) atoms. The lowest BCUT2D eigenvalue weighted by Gasteiger charge is -2.07. The summed E-state index contributed by atoms with van der Waals surface area (Å²) in [7, 11) is 0. The molecule has 1 aromatic heterocycles. The van der Waals surface area contributed by atoms with Crippen molar-refractivity contribution in [1.29, 1.82) is 0 Å². The third kappa shape index (κ3) is 2.83. The van der Waals surface area contributed by atoms with Gasteiger partial charge in [0.2, 0.25) is 5.88 Å². The topological polar surface area (TPSA) is 103 Å². The molecule has 1 N–H and O–H groups in total. The lowest BCUT2D eigenvalue weighted by molar-refractivity contribution is -0.385. The molecule has 0 atom stereocenters. The van der Waals surface area contributed by atoms with Crippen LogP contribution in [0.2, 0.25) is 5.02 Å². The molecule has 0 aliphatic rings. The third-order valence-corrected chi connectivity index (χ3v) is 2.55. The van der Waals surface area contributed by atoms with Gasteiger partial charge in [0, 0.05) is 18.3 Å². The maximum atomic E-state index is 11.2. The molecule has 0 amide bonds. The fraction of sp³-hybridized carbons (Fsp3) is 0. The van der Waals surface area contributed by atoms with Crippen LogP contribution in [0.1, 0.15) is 10.4 Å². The molecule has 1 aromatic carbocycles. The van der Waals surface area contributed by atoms with Crippen molar-refractivity contribution in [1.82, 2.24) is 4.98 Å². The number of hydrogen-bond acceptors (Lipinski definition) is 5. The monoisotopic (exact) mass is 294 g/mol. The van der Waals surface area contributed by atoms with E-state index in [9.17, 15) is 14.9 Å². The van der Waals surface area contributed by atoms with E-state index in [1.807, 2.05) is 0 Å². The first-order chi connectivity index (χ1) is 9.49. The number of ether oxygens (including phenoxy) is 1. The molecule has 0 bridgehead atoms. The fourth-order valence-corrected chi connectivity index (χ4v) is 1.62. The van der Waals surface area contributed by atoms with Gasteiger partial charge in [-0.15, -0.1) is 0 Å². The molecule has 7 nitrogen and oxygen atoms in total. The summed E-state index contributed by atoms with van der Waals surface area (Å²) in [5, 5.41) is 20.3. The van der Waals surface area contributed by atoms with Crippen LogP contribution in [-0.4, -0.2) is 21.0 Å². The molecule has 1 heterocycles. The van der Waals surface area contributed by atoms with Crippen molar-refractivity contribution >= 4 is 23.3 Å². The zero-order valence-corrected chi connectivity index (χ0v) is 10.6. The van der Waals surface area contributed by atoms with E-state index in [1.165, 1.54) is 30.5 Å². The van der Waals surface area contributed by atoms with E-state index in [2.05, 4.69) is 4.98 Å². The van der Waals surface area contributed by atoms with E-state index in [0.29, 0.717) is 5.02 Å². The Balaban J connectivity index is 2.46. The SMILES string of the molecule is O=C(O)c1c(Oc2ccc(Cl)cn2)cccc1[N+](=O)[O-]. The normalized spacial score (nSPS) is 10.1. The number of pyridine rings is 1. The lowest BCUT2D eigenvalue weighted by atomic mass is 10.1. The number of carbonyl (C=O) groups is 1. The van der Waals surface area contributed by atoms with Gasteiger partial charge in [-0.05, 0) is 12.1 Å². The van der Waals surface area contributed by atoms with Crippen LogP contribution in [0.4, 0.5) is 5.69 Å². The van der Waals surface area contributed by atoms with Gasteiger partial charge in [-0.25, -0.2) is 9.78 Å². The number of hydrogen-bond donors (Lipinski definition) is 1. The van der Waals surface area contributed by atoms with Gasteiger partial charge < -0.3 is 9.84 Å². The first-order valence-corrected chi connectivity index (χ1v) is 5.67. The van der Waals surface area contributed by atoms with Gasteiger partial charge in [0.15, 0.2) is 11.3 Å². The number of aromatic carboxylic acids is 1. The van der Waals surface area contributed by atoms with Crippen molar-refractivity contribution in [2.24, 2.45) is 0 Å². The first-order valence-electron chi connectivity index (χ1n) is 5.29. The zero-order chi connectivity index (χ0) is 14.7. The van der Waals surface area contributed by atoms with Gasteiger partial charge in [0.1, 0.15) is 0 Å². The Morgan fingerprint density at radius 3 is 2.65 bits per heavy atom. The van der Waals surface area contributed by atoms with Gasteiger partial charge in [0.25, 0.3) is 5.69 Å². The van der Waals surface area contributed by atoms with Crippen LogP contribution >= 0.6 is 11.6 Å². The molecule has 0 fully saturated rings. The molecule has 0 aliphatic carbocycles. The van der Waals surface area contributed by atoms with Gasteiger partial charge in [0.05, 0.1) is 9.95 Å². The molecule has 2 rings (SSSR count). The molecule has 8 heteroatoms. The summed E-state index contributed by atoms with van der Waals surface area (Å²) < 4.78 is 5.26. The van der Waals surface area contributed by atoms with Crippen molar-refractivity contribution in [2.75, 3.05) is 0 Å². The van der Waals surface area contributed by atoms with Crippen LogP contribution in [0.3, 0.4) is 0 Å². The summed E-state index contributed by atoms with van der Waals surface area (Å²) in [4.78, 5) is 25.0. The van der Waals surface area contributed by atoms with E-state index < -0.39 is 22.1 Å². The second-order valence-corrected chi connectivity index (χ2v) is 4.07. The molecule has 0 aliphatic heterocycles. The summed E-state index contributed by atoms with van der Waals surface area (Å²) in [5.74, 6) is -1.54. The number of carboxylic acid groups (broad SMARTS) is 1. The number of nitro benzene ring substituents is 1. The number of nitrogens with zero attached hydrogens (tertiary/aromatic N) is 2. The lowest BCUT2D eigenvalue weighted by Crippen LogP contribution is -2.05. The van der Waals surface area contributed by atoms with E-state index in [1.54, 1.807) is 0 Å². The Morgan fingerprint density at radius 1 is 1.35 bits per heavy atom. The van der Waals surface area contributed by atoms with Crippen LogP contribution in [0.5, 0.6) is 11.6 Å². The van der Waals surface area contributed by atoms with Crippen molar-refractivity contribution in [3.05, 3.63) is 57.2 Å². The van der Waals surface area contributed by atoms with Crippen LogP contribution in [0.25, 0.3) is 0 Å². The Morgan fingerprint density at radius 2 is 2.10 bits per heavy atom. The summed E-state index contributed by atoms with van der Waals surface area (Å²) >= 11 is 5.66. The largest absolute Gasteiger partial charge is 0.477 e. The van der Waals surface area contributed by atoms with E-state index >= 15 is 0 Å². The number of benzene rings is 1. The quantitative estimate of drug-likeness (QED) is 0.686. The maximum absolute atomic E-state index is 11.2. The fourth-order valence-electron chi connectivity index (χ4n) is 1.51. The van der Waals surface area contributed by atoms with E-state index in [0.717, 1.165) is 6.07 Å². The van der Waals surface area contributed by atoms with Gasteiger partial charge in [-0.2, -0.15) is 0 Å². The van der Waals surface area contributed by atoms with Gasteiger partial charge in [-0.1, -0.05) is 17.7 Å². The Bertz CT molecular complexity index is 672. The Labute approximate surface area is 117 Å². The number of rotatable bonds is 4. The van der Waals surface area contributed by atoms with Crippen LogP contribution < -0.4 is 4.74 Å². The predicted octanol–water partition coefficient (Wildman–Crippen LogP) is 3.13. The summed E-state index contributed by atoms with van der Waals surface area (Å²) in [5.41, 5.74) is -1.08. The standard InChI is InChI=1S/C12H7ClN2O5/c13-7-4-5-10(14-6-7)20-9-3-1-2-8(15(18)19)11(9)12(16)17/h1-6H,(H,16,17). The number of halogens is 1. The van der Waals surface area contributed by atoms with E-state index in [-0.39, 0.29) is 11.6 Å². The smallest absolute Gasteiger partial charge is 0.346 e. The second-order valence-electron chi connectivity index (χ2n) is 3.63. The highest BCUT2D eigenvalue weighted by Gasteiger charge is 2.25. The first kappa shape index (κ1) is 13.8. The van der Waals surface area contributed by atoms with Crippen LogP contribution in [-0.2, 0) is 0 Å². The Kier molecular flexibility index (Phi) is 3.81. The minimum Gasteiger partial charge on any atom is -0.477 e. The zero-order valence-electron chi connectivity index (χ0n) is 9.82. The van der Waals surface area contributed by atoms with Crippen LogP contribution in [0, 0.1) is 10.1 Å². The van der Waals surface area contributed by atoms with Crippen molar-refractivity contribution < 1.29 is 19.6 Å². The molecule has 0 saturated heterocycles. The highest BCUT2D eigenvalue weighted by atomic mass is 35.5. The molecule has 0 unspecified atom stereocenters. The minimum absolute atomic E-state index is 0.0809. The number of nitro groups is 1. The van der Waals surface area contributed by atoms with Crippen molar-refractivity contribution in [3.63, 3.8) is 0 Å². The highest BCUT2D eigenvalue weighted by Crippen LogP contribution is 2.31. The molecule has 0 spiro atoms. The second kappa shape index (κ2) is 5.54. The summed E-state index contributed by atoms with van der Waals surface area (Å²) in [6.07, 6.45) is 1.31. The molecular weight excluding hydrogens is 288 g/mol. The minimum atomic E-state index is -1.46. The average Bonchev–Trinajstić information content (AvgIpc) is 2.40. The maximum Gasteiger partial charge on any atom is 0.346 e. The molecular formula is C12H7ClN2O5.